The predicted molar refractivity (Wildman–Crippen MR) is 399 cm³/mol. The number of hydrogen-bond acceptors (Lipinski definition) is 27. The van der Waals surface area contributed by atoms with Gasteiger partial charge in [0, 0.05) is 19.8 Å². The van der Waals surface area contributed by atoms with E-state index in [0.717, 1.165) is 75.3 Å². The molecule has 0 aromatic heterocycles. The molecule has 30 atom stereocenters. The molecule has 4 aliphatic carbocycles. The number of hydrogen-bond donors (Lipinski definition) is 10. The molecule has 30 heteroatoms. The summed E-state index contributed by atoms with van der Waals surface area (Å²) in [5, 5.41) is 90.8. The lowest BCUT2D eigenvalue weighted by atomic mass is 9.76. The normalized spacial score (nSPS) is 37.4. The van der Waals surface area contributed by atoms with E-state index in [1.165, 1.54) is 41.9 Å². The van der Waals surface area contributed by atoms with Gasteiger partial charge in [-0.1, -0.05) is 158 Å². The molecule has 632 valence electrons. The zero-order chi connectivity index (χ0) is 81.0. The Morgan fingerprint density at radius 3 is 1.30 bits per heavy atom. The molecule has 2 amide bonds. The Labute approximate surface area is 657 Å². The molecular weight excluding hydrogens is 1460 g/mol. The van der Waals surface area contributed by atoms with E-state index < -0.39 is 202 Å². The molecule has 2 aromatic rings. The van der Waals surface area contributed by atoms with Crippen molar-refractivity contribution in [3.8, 4) is 0 Å². The minimum atomic E-state index is -1.62. The number of amides is 2. The van der Waals surface area contributed by atoms with Crippen molar-refractivity contribution >= 4 is 35.5 Å². The van der Waals surface area contributed by atoms with Gasteiger partial charge in [-0.15, -0.1) is 0 Å². The summed E-state index contributed by atoms with van der Waals surface area (Å²) in [6, 6.07) is 17.4. The molecule has 4 heterocycles. The van der Waals surface area contributed by atoms with Crippen LogP contribution in [0.4, 0.5) is 0 Å². The van der Waals surface area contributed by atoms with Crippen LogP contribution in [-0.4, -0.2) is 257 Å². The van der Waals surface area contributed by atoms with Gasteiger partial charge in [0.25, 0.3) is 0 Å². The number of carboxylic acids is 1. The van der Waals surface area contributed by atoms with Crippen molar-refractivity contribution in [2.45, 2.75) is 337 Å². The zero-order valence-corrected chi connectivity index (χ0v) is 66.5. The second-order valence-electron chi connectivity index (χ2n) is 32.0. The first-order valence-electron chi connectivity index (χ1n) is 40.6. The summed E-state index contributed by atoms with van der Waals surface area (Å²) >= 11 is 0. The highest BCUT2D eigenvalue weighted by Gasteiger charge is 2.56. The number of carbonyl (C=O) groups is 6. The van der Waals surface area contributed by atoms with Gasteiger partial charge < -0.3 is 118 Å². The summed E-state index contributed by atoms with van der Waals surface area (Å²) in [5.41, 5.74) is 1.99. The lowest BCUT2D eigenvalue weighted by Crippen LogP contribution is -2.67. The average molecular weight is 1590 g/mol. The summed E-state index contributed by atoms with van der Waals surface area (Å²) in [7, 11) is 2.62. The van der Waals surface area contributed by atoms with Crippen molar-refractivity contribution in [3.63, 3.8) is 0 Å². The number of rotatable bonds is 32. The van der Waals surface area contributed by atoms with E-state index >= 15 is 0 Å². The topological polar surface area (TPSA) is 418 Å². The van der Waals surface area contributed by atoms with Gasteiger partial charge in [0.15, 0.2) is 37.0 Å². The number of esters is 2. The molecule has 0 spiro atoms. The minimum absolute atomic E-state index is 0.0291. The van der Waals surface area contributed by atoms with Gasteiger partial charge in [0.05, 0.1) is 95.2 Å². The molecule has 0 radical (unpaired) electrons. The molecule has 112 heavy (non-hydrogen) atoms. The molecule has 4 saturated carbocycles. The van der Waals surface area contributed by atoms with E-state index in [-0.39, 0.29) is 67.3 Å². The molecule has 10 N–H and O–H groups in total. The molecule has 4 saturated heterocycles. The average Bonchev–Trinajstić information content (AvgIpc) is 0.780. The maximum absolute atomic E-state index is 13.3. The van der Waals surface area contributed by atoms with Crippen molar-refractivity contribution < 1.29 is 136 Å². The first-order chi connectivity index (χ1) is 53.7. The number of aliphatic hydroxyl groups excluding tert-OH is 7. The number of carboxylic acid groups (broad SMARTS) is 1. The molecule has 30 nitrogen and oxygen atoms in total. The van der Waals surface area contributed by atoms with Gasteiger partial charge in [0.1, 0.15) is 79.2 Å². The number of ether oxygens (including phenoxy) is 14. The van der Waals surface area contributed by atoms with Crippen LogP contribution < -0.4 is 10.6 Å². The van der Waals surface area contributed by atoms with Crippen LogP contribution in [0.15, 0.2) is 60.7 Å². The third-order valence-electron chi connectivity index (χ3n) is 24.1. The Bertz CT molecular complexity index is 3210. The standard InChI is InChI=1S/C49H71NO13.C33H55NO15/c1-7-36-24-37(47(55)56-6)25-39(61-48-41(50-32(5)53)45(42(54)40(26-51)62-48)60-38(30(3)52)23-33-17-11-8-12-18-33)44(36)63-49-46(58-28-35-21-15-10-16-22-35)43(29(2)31(4)59-49)57-27-34-19-13-9-14-20-34;1-5-18-12-19(31(43)44-4)13-20(28(18)49-33-27(40)26(39)24(37)15(2)45-33)47-32-23(34-16(3)36)29(25(38)22(14-35)48-32)46-21(30(41)42)11-17-9-7-6-8-10-17/h9-10,13-16,19-22,29,31,33,36-46,48-49,51,54H,7-8,11-12,17-18,23-28H2,1-6H3,(H,50,53);15,17-29,32-33,35,37-40H,5-14H2,1-4H3,(H,34,36)(H,41,42)/t29-,31?,36-,37?,38+,39-,40+,41?,42+,43+,44?,45?,46?,48-,49+;15?,18-,19?,20-,21+,22+,23?,24-,25+,26+,27?,28?,29?,32-,33+/m11/s1. The van der Waals surface area contributed by atoms with Crippen molar-refractivity contribution in [3.05, 3.63) is 71.8 Å². The molecule has 2 aromatic carbocycles. The first kappa shape index (κ1) is 90.6. The third-order valence-corrected chi connectivity index (χ3v) is 24.1. The zero-order valence-electron chi connectivity index (χ0n) is 66.5. The van der Waals surface area contributed by atoms with E-state index in [4.69, 9.17) is 66.3 Å². The number of carbonyl (C=O) groups excluding carboxylic acids is 5. The SMILES string of the molecule is CC[C@@H]1CC(C(=O)OC)C[C@@H](O[C@@H]2O[C@@H](CO)[C@H](O)C(O[C@@H](CC3CCCCC3)C(=O)O)C2NC(C)=O)C1O[C@@H]1OC(C)[C@@H](O)[C@H](O)C1O.CC[C@@H]1CC(C(=O)OC)C[C@@H](O[C@@H]2O[C@@H](CO)[C@H](O)C(O[C@@H](CC3CCCCC3)C(C)=O)C2NC(C)=O)C1O[C@@H]1OC(C)[C@@H](C)[C@H](OCc2ccccc2)C1OCc1ccccc1. The number of ketones is 1. The van der Waals surface area contributed by atoms with E-state index in [1.54, 1.807) is 0 Å². The van der Waals surface area contributed by atoms with Gasteiger partial charge in [-0.05, 0) is 94.1 Å². The summed E-state index contributed by atoms with van der Waals surface area (Å²) in [5.74, 6) is -4.84. The molecule has 0 bridgehead atoms. The Kier molecular flexibility index (Phi) is 35.4. The molecule has 8 fully saturated rings. The lowest BCUT2D eigenvalue weighted by Gasteiger charge is -2.50. The number of aliphatic hydroxyl groups is 7. The summed E-state index contributed by atoms with van der Waals surface area (Å²) in [6.45, 7) is 12.8. The van der Waals surface area contributed by atoms with E-state index in [9.17, 15) is 69.6 Å². The highest BCUT2D eigenvalue weighted by atomic mass is 16.8. The van der Waals surface area contributed by atoms with Crippen LogP contribution in [0, 0.1) is 41.4 Å². The van der Waals surface area contributed by atoms with Crippen LogP contribution in [0.25, 0.3) is 0 Å². The minimum Gasteiger partial charge on any atom is -0.479 e. The van der Waals surface area contributed by atoms with Gasteiger partial charge in [-0.2, -0.15) is 0 Å². The fourth-order valence-corrected chi connectivity index (χ4v) is 17.6. The predicted octanol–water partition coefficient (Wildman–Crippen LogP) is 5.40. The highest BCUT2D eigenvalue weighted by molar-refractivity contribution is 5.80. The van der Waals surface area contributed by atoms with E-state index in [2.05, 4.69) is 17.6 Å². The van der Waals surface area contributed by atoms with Crippen LogP contribution in [0.3, 0.4) is 0 Å². The highest BCUT2D eigenvalue weighted by Crippen LogP contribution is 2.44. The fraction of sp³-hybridized carbons (Fsp3) is 0.780. The second kappa shape index (κ2) is 43.8. The monoisotopic (exact) mass is 1590 g/mol. The maximum atomic E-state index is 13.3. The number of benzene rings is 2. The van der Waals surface area contributed by atoms with Crippen molar-refractivity contribution in [2.75, 3.05) is 27.4 Å². The Hall–Kier alpha value is -5.30. The van der Waals surface area contributed by atoms with Crippen molar-refractivity contribution in [1.29, 1.82) is 0 Å². The quantitative estimate of drug-likeness (QED) is 0.0410. The Morgan fingerprint density at radius 1 is 0.473 bits per heavy atom. The van der Waals surface area contributed by atoms with Gasteiger partial charge in [0.2, 0.25) is 11.8 Å². The Morgan fingerprint density at radius 2 is 0.893 bits per heavy atom. The van der Waals surface area contributed by atoms with Crippen LogP contribution in [0.1, 0.15) is 182 Å². The third kappa shape index (κ3) is 24.0. The van der Waals surface area contributed by atoms with Crippen LogP contribution >= 0.6 is 0 Å². The molecule has 4 aliphatic heterocycles. The fourth-order valence-electron chi connectivity index (χ4n) is 17.6. The number of aliphatic carboxylic acids is 1. The number of Topliss-reactive ketones (excluding diaryl/α,β-unsaturated/α-hetero) is 1. The molecular formula is C82H126N2O28. The largest absolute Gasteiger partial charge is 0.479 e. The van der Waals surface area contributed by atoms with Crippen LogP contribution in [0.2, 0.25) is 0 Å². The summed E-state index contributed by atoms with van der Waals surface area (Å²) in [4.78, 5) is 77.1. The van der Waals surface area contributed by atoms with Gasteiger partial charge >= 0.3 is 17.9 Å². The van der Waals surface area contributed by atoms with Gasteiger partial charge in [-0.25, -0.2) is 4.79 Å². The summed E-state index contributed by atoms with van der Waals surface area (Å²) in [6.07, 6.45) is -12.9. The molecule has 8 aliphatic rings. The maximum Gasteiger partial charge on any atom is 0.332 e. The van der Waals surface area contributed by atoms with E-state index in [1.807, 2.05) is 81.4 Å². The lowest BCUT2D eigenvalue weighted by molar-refractivity contribution is -0.342. The van der Waals surface area contributed by atoms with Crippen molar-refractivity contribution in [2.24, 2.45) is 41.4 Å². The molecule has 10 rings (SSSR count). The Balaban J connectivity index is 0.000000266. The van der Waals surface area contributed by atoms with Crippen molar-refractivity contribution in [1.82, 2.24) is 10.6 Å². The number of methoxy groups -OCH3 is 2. The first-order valence-corrected chi connectivity index (χ1v) is 40.6. The number of nitrogens with one attached hydrogen (secondary N) is 2. The van der Waals surface area contributed by atoms with Crippen LogP contribution in [-0.2, 0) is 108 Å². The van der Waals surface area contributed by atoms with Gasteiger partial charge in [-0.3, -0.25) is 24.0 Å². The summed E-state index contributed by atoms with van der Waals surface area (Å²) < 4.78 is 87.9. The smallest absolute Gasteiger partial charge is 0.332 e. The second-order valence-corrected chi connectivity index (χ2v) is 32.0. The van der Waals surface area contributed by atoms with E-state index in [0.29, 0.717) is 38.7 Å². The molecule has 12 unspecified atom stereocenters. The van der Waals surface area contributed by atoms with Crippen LogP contribution in [0.5, 0.6) is 0 Å².